The second-order valence-electron chi connectivity index (χ2n) is 4.68. The van der Waals surface area contributed by atoms with Gasteiger partial charge in [-0.2, -0.15) is 0 Å². The minimum atomic E-state index is -0.0238. The Bertz CT molecular complexity index is 215. The number of ketones is 1. The summed E-state index contributed by atoms with van der Waals surface area (Å²) in [4.78, 5) is 11.1. The molecule has 0 atom stereocenters. The zero-order chi connectivity index (χ0) is 10.6. The van der Waals surface area contributed by atoms with E-state index in [0.29, 0.717) is 12.0 Å². The molecule has 1 N–H and O–H groups in total. The summed E-state index contributed by atoms with van der Waals surface area (Å²) in [7, 11) is 0. The van der Waals surface area contributed by atoms with E-state index in [4.69, 9.17) is 0 Å². The van der Waals surface area contributed by atoms with Crippen LogP contribution in [0.25, 0.3) is 0 Å². The molecule has 0 saturated heterocycles. The van der Waals surface area contributed by atoms with E-state index in [0.717, 1.165) is 6.42 Å². The quantitative estimate of drug-likeness (QED) is 0.540. The lowest BCUT2D eigenvalue weighted by Gasteiger charge is -2.18. The first kappa shape index (κ1) is 12.2. The minimum Gasteiger partial charge on any atom is -0.512 e. The first-order valence-electron chi connectivity index (χ1n) is 4.63. The zero-order valence-electron chi connectivity index (χ0n) is 9.27. The molecule has 0 aliphatic rings. The standard InChI is InChI=1S/C11H20O2/c1-8(12)10(9(2)13)6-7-11(3,4)5/h12H,6-7H2,1-5H3/b10-8+. The molecule has 0 aromatic carbocycles. The molecule has 0 heterocycles. The van der Waals surface area contributed by atoms with Gasteiger partial charge in [-0.3, -0.25) is 4.79 Å². The fourth-order valence-corrected chi connectivity index (χ4v) is 1.11. The second-order valence-corrected chi connectivity index (χ2v) is 4.68. The smallest absolute Gasteiger partial charge is 0.159 e. The first-order chi connectivity index (χ1) is 5.74. The van der Waals surface area contributed by atoms with E-state index in [2.05, 4.69) is 20.8 Å². The average Bonchev–Trinajstić information content (AvgIpc) is 1.82. The molecule has 0 rings (SSSR count). The summed E-state index contributed by atoms with van der Waals surface area (Å²) in [5.74, 6) is 0.140. The van der Waals surface area contributed by atoms with Crippen molar-refractivity contribution in [2.75, 3.05) is 0 Å². The largest absolute Gasteiger partial charge is 0.512 e. The number of carbonyl (C=O) groups is 1. The summed E-state index contributed by atoms with van der Waals surface area (Å²) in [6.07, 6.45) is 1.58. The van der Waals surface area contributed by atoms with Gasteiger partial charge in [0.1, 0.15) is 0 Å². The lowest BCUT2D eigenvalue weighted by molar-refractivity contribution is -0.114. The van der Waals surface area contributed by atoms with Crippen LogP contribution in [0.5, 0.6) is 0 Å². The number of aliphatic hydroxyl groups excluding tert-OH is 1. The SMILES string of the molecule is CC(=O)/C(CCC(C)(C)C)=C(\C)O. The van der Waals surface area contributed by atoms with E-state index >= 15 is 0 Å². The van der Waals surface area contributed by atoms with Crippen molar-refractivity contribution in [2.24, 2.45) is 5.41 Å². The van der Waals surface area contributed by atoms with Gasteiger partial charge in [0, 0.05) is 5.57 Å². The van der Waals surface area contributed by atoms with Crippen molar-refractivity contribution in [3.63, 3.8) is 0 Å². The Morgan fingerprint density at radius 3 is 1.92 bits per heavy atom. The van der Waals surface area contributed by atoms with Crippen molar-refractivity contribution < 1.29 is 9.90 Å². The predicted octanol–water partition coefficient (Wildman–Crippen LogP) is 3.23. The molecule has 0 aliphatic heterocycles. The third-order valence-corrected chi connectivity index (χ3v) is 1.99. The van der Waals surface area contributed by atoms with Crippen molar-refractivity contribution in [2.45, 2.75) is 47.5 Å². The van der Waals surface area contributed by atoms with Crippen LogP contribution in [0, 0.1) is 5.41 Å². The van der Waals surface area contributed by atoms with Gasteiger partial charge in [-0.1, -0.05) is 20.8 Å². The van der Waals surface area contributed by atoms with Crippen LogP contribution >= 0.6 is 0 Å². The topological polar surface area (TPSA) is 37.3 Å². The molecule has 0 aromatic rings. The Kier molecular flexibility index (Phi) is 4.18. The molecule has 0 radical (unpaired) electrons. The molecule has 76 valence electrons. The van der Waals surface area contributed by atoms with E-state index in [1.807, 2.05) is 0 Å². The third-order valence-electron chi connectivity index (χ3n) is 1.99. The summed E-state index contributed by atoms with van der Waals surface area (Å²) in [6, 6.07) is 0. The van der Waals surface area contributed by atoms with Gasteiger partial charge in [-0.25, -0.2) is 0 Å². The van der Waals surface area contributed by atoms with Crippen molar-refractivity contribution >= 4 is 5.78 Å². The number of Topliss-reactive ketones (excluding diaryl/α,β-unsaturated/α-hetero) is 1. The Morgan fingerprint density at radius 2 is 1.69 bits per heavy atom. The Balaban J connectivity index is 4.33. The molecule has 2 nitrogen and oxygen atoms in total. The number of aliphatic hydroxyl groups is 1. The molecule has 0 spiro atoms. The molecule has 0 bridgehead atoms. The highest BCUT2D eigenvalue weighted by Crippen LogP contribution is 2.24. The van der Waals surface area contributed by atoms with E-state index < -0.39 is 0 Å². The van der Waals surface area contributed by atoms with Crippen molar-refractivity contribution in [3.05, 3.63) is 11.3 Å². The maximum atomic E-state index is 11.1. The van der Waals surface area contributed by atoms with Gasteiger partial charge in [0.25, 0.3) is 0 Å². The normalized spacial score (nSPS) is 13.9. The van der Waals surface area contributed by atoms with Crippen LogP contribution in [0.3, 0.4) is 0 Å². The molecule has 0 aliphatic carbocycles. The summed E-state index contributed by atoms with van der Waals surface area (Å²) in [6.45, 7) is 9.43. The molecular weight excluding hydrogens is 164 g/mol. The van der Waals surface area contributed by atoms with Crippen LogP contribution in [0.4, 0.5) is 0 Å². The molecule has 0 fully saturated rings. The maximum Gasteiger partial charge on any atom is 0.159 e. The minimum absolute atomic E-state index is 0.0238. The van der Waals surface area contributed by atoms with Gasteiger partial charge in [-0.05, 0) is 32.1 Å². The highest BCUT2D eigenvalue weighted by molar-refractivity contribution is 5.93. The summed E-state index contributed by atoms with van der Waals surface area (Å²) in [5.41, 5.74) is 0.769. The molecular formula is C11H20O2. The monoisotopic (exact) mass is 184 g/mol. The van der Waals surface area contributed by atoms with E-state index in [9.17, 15) is 9.90 Å². The number of carbonyl (C=O) groups excluding carboxylic acids is 1. The van der Waals surface area contributed by atoms with Crippen LogP contribution in [-0.2, 0) is 4.79 Å². The van der Waals surface area contributed by atoms with Crippen LogP contribution in [-0.4, -0.2) is 10.9 Å². The van der Waals surface area contributed by atoms with Gasteiger partial charge < -0.3 is 5.11 Å². The molecule has 0 amide bonds. The lowest BCUT2D eigenvalue weighted by atomic mass is 9.87. The number of hydrogen-bond acceptors (Lipinski definition) is 2. The molecule has 0 unspecified atom stereocenters. The summed E-state index contributed by atoms with van der Waals surface area (Å²) in [5, 5.41) is 9.24. The van der Waals surface area contributed by atoms with Crippen LogP contribution in [0.1, 0.15) is 47.5 Å². The Morgan fingerprint density at radius 1 is 1.23 bits per heavy atom. The lowest BCUT2D eigenvalue weighted by Crippen LogP contribution is -2.08. The molecule has 0 saturated carbocycles. The van der Waals surface area contributed by atoms with Crippen molar-refractivity contribution in [1.29, 1.82) is 0 Å². The maximum absolute atomic E-state index is 11.1. The average molecular weight is 184 g/mol. The van der Waals surface area contributed by atoms with Gasteiger partial charge in [0.05, 0.1) is 5.76 Å². The fourth-order valence-electron chi connectivity index (χ4n) is 1.11. The van der Waals surface area contributed by atoms with Gasteiger partial charge in [0.15, 0.2) is 5.78 Å². The fraction of sp³-hybridized carbons (Fsp3) is 0.727. The highest BCUT2D eigenvalue weighted by Gasteiger charge is 2.14. The van der Waals surface area contributed by atoms with Crippen molar-refractivity contribution in [1.82, 2.24) is 0 Å². The molecule has 13 heavy (non-hydrogen) atoms. The summed E-state index contributed by atoms with van der Waals surface area (Å²) < 4.78 is 0. The third kappa shape index (κ3) is 5.45. The predicted molar refractivity (Wildman–Crippen MR) is 54.7 cm³/mol. The van der Waals surface area contributed by atoms with Gasteiger partial charge in [-0.15, -0.1) is 0 Å². The van der Waals surface area contributed by atoms with Gasteiger partial charge in [0.2, 0.25) is 0 Å². The van der Waals surface area contributed by atoms with Crippen LogP contribution in [0.15, 0.2) is 11.3 Å². The number of allylic oxidation sites excluding steroid dienone is 2. The Hall–Kier alpha value is -0.790. The second kappa shape index (κ2) is 4.45. The van der Waals surface area contributed by atoms with Crippen LogP contribution in [0.2, 0.25) is 0 Å². The zero-order valence-corrected chi connectivity index (χ0v) is 9.27. The molecule has 2 heteroatoms. The van der Waals surface area contributed by atoms with E-state index in [1.165, 1.54) is 6.92 Å². The highest BCUT2D eigenvalue weighted by atomic mass is 16.3. The summed E-state index contributed by atoms with van der Waals surface area (Å²) >= 11 is 0. The number of hydrogen-bond donors (Lipinski definition) is 1. The number of rotatable bonds is 3. The first-order valence-corrected chi connectivity index (χ1v) is 4.63. The van der Waals surface area contributed by atoms with Gasteiger partial charge >= 0.3 is 0 Å². The molecule has 0 aromatic heterocycles. The Labute approximate surface area is 80.7 Å². The van der Waals surface area contributed by atoms with E-state index in [1.54, 1.807) is 6.92 Å². The van der Waals surface area contributed by atoms with Crippen molar-refractivity contribution in [3.8, 4) is 0 Å². The van der Waals surface area contributed by atoms with E-state index in [-0.39, 0.29) is 17.0 Å². The van der Waals surface area contributed by atoms with Crippen LogP contribution < -0.4 is 0 Å².